The Hall–Kier alpha value is -3.83. The Bertz CT molecular complexity index is 1580. The number of ether oxygens (including phenoxy) is 2. The number of sulfonamides is 1. The summed E-state index contributed by atoms with van der Waals surface area (Å²) in [6.45, 7) is 1.82. The third-order valence-corrected chi connectivity index (χ3v) is 9.87. The lowest BCUT2D eigenvalue weighted by Crippen LogP contribution is -2.53. The predicted molar refractivity (Wildman–Crippen MR) is 165 cm³/mol. The molecule has 1 atom stereocenters. The highest BCUT2D eigenvalue weighted by Crippen LogP contribution is 2.34. The number of benzene rings is 3. The summed E-state index contributed by atoms with van der Waals surface area (Å²) in [5.41, 5.74) is 0.808. The molecule has 1 unspecified atom stereocenters. The summed E-state index contributed by atoms with van der Waals surface area (Å²) in [6, 6.07) is 15.1. The Morgan fingerprint density at radius 3 is 2.30 bits per heavy atom. The van der Waals surface area contributed by atoms with Gasteiger partial charge in [0.1, 0.15) is 31.6 Å². The van der Waals surface area contributed by atoms with E-state index in [1.54, 1.807) is 24.3 Å². The Morgan fingerprint density at radius 2 is 1.64 bits per heavy atom. The van der Waals surface area contributed by atoms with Crippen molar-refractivity contribution in [3.05, 3.63) is 83.1 Å². The number of carbonyl (C=O) groups excluding carboxylic acids is 2. The second kappa shape index (κ2) is 13.9. The number of fused-ring (bicyclic) bond motifs is 1. The Morgan fingerprint density at radius 1 is 0.977 bits per heavy atom. The average molecular weight is 644 g/mol. The van der Waals surface area contributed by atoms with Crippen LogP contribution in [0.5, 0.6) is 11.5 Å². The molecule has 9 nitrogen and oxygen atoms in total. The Labute approximate surface area is 261 Å². The fourth-order valence-electron chi connectivity index (χ4n) is 5.52. The van der Waals surface area contributed by atoms with Crippen LogP contribution in [0.2, 0.25) is 5.02 Å². The van der Waals surface area contributed by atoms with Gasteiger partial charge in [-0.2, -0.15) is 0 Å². The first-order valence-corrected chi connectivity index (χ1v) is 16.5. The molecular formula is C32H35ClFN3O6S. The fourth-order valence-corrected chi connectivity index (χ4v) is 7.08. The molecule has 3 aromatic rings. The van der Waals surface area contributed by atoms with Crippen molar-refractivity contribution in [2.45, 2.75) is 62.6 Å². The lowest BCUT2D eigenvalue weighted by Gasteiger charge is -2.34. The standard InChI is InChI=1S/C32H35ClFN3O6S/c1-2-28(32(39)35-25-5-3-4-6-25)36(20-22-7-9-23(33)10-8-22)31(38)21-37(26-13-11-24(34)12-14-26)44(40,41)27-15-16-29-30(19-27)43-18-17-42-29/h7-16,19,25,28H,2-6,17-18,20-21H2,1H3,(H,35,39). The molecule has 2 amide bonds. The summed E-state index contributed by atoms with van der Waals surface area (Å²) in [4.78, 5) is 29.0. The van der Waals surface area contributed by atoms with Gasteiger partial charge in [-0.15, -0.1) is 0 Å². The van der Waals surface area contributed by atoms with E-state index in [9.17, 15) is 22.4 Å². The van der Waals surface area contributed by atoms with Crippen molar-refractivity contribution in [3.8, 4) is 11.5 Å². The number of halogens is 2. The van der Waals surface area contributed by atoms with E-state index < -0.39 is 34.3 Å². The van der Waals surface area contributed by atoms with Crippen molar-refractivity contribution in [1.29, 1.82) is 0 Å². The summed E-state index contributed by atoms with van der Waals surface area (Å²) in [7, 11) is -4.37. The van der Waals surface area contributed by atoms with Crippen LogP contribution < -0.4 is 19.1 Å². The highest BCUT2D eigenvalue weighted by atomic mass is 35.5. The van der Waals surface area contributed by atoms with E-state index in [-0.39, 0.29) is 41.4 Å². The number of amides is 2. The Balaban J connectivity index is 1.50. The molecule has 44 heavy (non-hydrogen) atoms. The van der Waals surface area contributed by atoms with Crippen molar-refractivity contribution in [2.75, 3.05) is 24.1 Å². The van der Waals surface area contributed by atoms with Crippen molar-refractivity contribution >= 4 is 39.1 Å². The molecule has 1 aliphatic carbocycles. The molecule has 0 radical (unpaired) electrons. The fraction of sp³-hybridized carbons (Fsp3) is 0.375. The van der Waals surface area contributed by atoms with E-state index in [2.05, 4.69) is 5.32 Å². The predicted octanol–water partition coefficient (Wildman–Crippen LogP) is 5.31. The quantitative estimate of drug-likeness (QED) is 0.304. The van der Waals surface area contributed by atoms with Crippen LogP contribution in [0.25, 0.3) is 0 Å². The van der Waals surface area contributed by atoms with Crippen LogP contribution in [0.1, 0.15) is 44.6 Å². The summed E-state index contributed by atoms with van der Waals surface area (Å²) < 4.78 is 54.2. The number of hydrogen-bond donors (Lipinski definition) is 1. The van der Waals surface area contributed by atoms with Gasteiger partial charge in [-0.25, -0.2) is 12.8 Å². The third-order valence-electron chi connectivity index (χ3n) is 7.85. The molecule has 1 aliphatic heterocycles. The van der Waals surface area contributed by atoms with Crippen LogP contribution in [0.4, 0.5) is 10.1 Å². The van der Waals surface area contributed by atoms with Gasteiger partial charge in [0.05, 0.1) is 10.6 Å². The van der Waals surface area contributed by atoms with E-state index in [0.717, 1.165) is 47.7 Å². The van der Waals surface area contributed by atoms with Crippen LogP contribution in [0.15, 0.2) is 71.6 Å². The van der Waals surface area contributed by atoms with Gasteiger partial charge < -0.3 is 19.7 Å². The lowest BCUT2D eigenvalue weighted by molar-refractivity contribution is -0.140. The molecule has 5 rings (SSSR count). The zero-order valence-corrected chi connectivity index (χ0v) is 26.0. The van der Waals surface area contributed by atoms with Gasteiger partial charge in [-0.1, -0.05) is 43.5 Å². The van der Waals surface area contributed by atoms with Gasteiger partial charge in [0.25, 0.3) is 10.0 Å². The lowest BCUT2D eigenvalue weighted by atomic mass is 10.1. The van der Waals surface area contributed by atoms with Gasteiger partial charge in [-0.3, -0.25) is 13.9 Å². The second-order valence-corrected chi connectivity index (χ2v) is 13.2. The summed E-state index contributed by atoms with van der Waals surface area (Å²) in [5, 5.41) is 3.60. The Kier molecular flexibility index (Phi) is 9.95. The zero-order chi connectivity index (χ0) is 31.3. The molecule has 12 heteroatoms. The van der Waals surface area contributed by atoms with Gasteiger partial charge in [0.15, 0.2) is 11.5 Å². The number of rotatable bonds is 11. The first kappa shape index (κ1) is 31.6. The highest BCUT2D eigenvalue weighted by molar-refractivity contribution is 7.92. The molecule has 1 saturated carbocycles. The van der Waals surface area contributed by atoms with Gasteiger partial charge in [0.2, 0.25) is 11.8 Å². The van der Waals surface area contributed by atoms with E-state index in [0.29, 0.717) is 23.8 Å². The molecule has 1 fully saturated rings. The smallest absolute Gasteiger partial charge is 0.264 e. The summed E-state index contributed by atoms with van der Waals surface area (Å²) >= 11 is 6.09. The molecule has 1 heterocycles. The molecule has 3 aromatic carbocycles. The van der Waals surface area contributed by atoms with Crippen molar-refractivity contribution < 1.29 is 31.9 Å². The van der Waals surface area contributed by atoms with Crippen LogP contribution in [-0.2, 0) is 26.2 Å². The minimum atomic E-state index is -4.37. The maximum Gasteiger partial charge on any atom is 0.264 e. The normalized spacial score (nSPS) is 15.4. The van der Waals surface area contributed by atoms with E-state index in [1.165, 1.54) is 35.2 Å². The molecule has 0 bridgehead atoms. The van der Waals surface area contributed by atoms with Crippen LogP contribution in [-0.4, -0.2) is 57.0 Å². The topological polar surface area (TPSA) is 105 Å². The molecule has 0 saturated heterocycles. The monoisotopic (exact) mass is 643 g/mol. The molecule has 2 aliphatic rings. The van der Waals surface area contributed by atoms with E-state index >= 15 is 0 Å². The van der Waals surface area contributed by atoms with Gasteiger partial charge in [-0.05, 0) is 73.4 Å². The van der Waals surface area contributed by atoms with Crippen LogP contribution in [0.3, 0.4) is 0 Å². The number of nitrogens with zero attached hydrogens (tertiary/aromatic N) is 2. The van der Waals surface area contributed by atoms with Crippen molar-refractivity contribution in [1.82, 2.24) is 10.2 Å². The summed E-state index contributed by atoms with van der Waals surface area (Å²) in [6.07, 6.45) is 4.11. The number of anilines is 1. The van der Waals surface area contributed by atoms with Crippen molar-refractivity contribution in [3.63, 3.8) is 0 Å². The van der Waals surface area contributed by atoms with Crippen LogP contribution in [0, 0.1) is 5.82 Å². The third kappa shape index (κ3) is 7.27. The molecule has 234 valence electrons. The SMILES string of the molecule is CCC(C(=O)NC1CCCC1)N(Cc1ccc(Cl)cc1)C(=O)CN(c1ccc(F)cc1)S(=O)(=O)c1ccc2c(c1)OCCO2. The molecule has 0 aromatic heterocycles. The minimum absolute atomic E-state index is 0.0373. The first-order chi connectivity index (χ1) is 21.2. The molecule has 0 spiro atoms. The maximum absolute atomic E-state index is 14.2. The van der Waals surface area contributed by atoms with Gasteiger partial charge in [0, 0.05) is 23.7 Å². The number of carbonyl (C=O) groups is 2. The minimum Gasteiger partial charge on any atom is -0.486 e. The first-order valence-electron chi connectivity index (χ1n) is 14.7. The number of nitrogens with one attached hydrogen (secondary N) is 1. The second-order valence-electron chi connectivity index (χ2n) is 10.9. The number of hydrogen-bond acceptors (Lipinski definition) is 6. The highest BCUT2D eigenvalue weighted by Gasteiger charge is 2.35. The van der Waals surface area contributed by atoms with Crippen LogP contribution >= 0.6 is 11.6 Å². The zero-order valence-electron chi connectivity index (χ0n) is 24.4. The molecular weight excluding hydrogens is 609 g/mol. The maximum atomic E-state index is 14.2. The van der Waals surface area contributed by atoms with Crippen molar-refractivity contribution in [2.24, 2.45) is 0 Å². The van der Waals surface area contributed by atoms with Gasteiger partial charge >= 0.3 is 0 Å². The summed E-state index contributed by atoms with van der Waals surface area (Å²) in [5.74, 6) is -0.770. The largest absolute Gasteiger partial charge is 0.486 e. The van der Waals surface area contributed by atoms with E-state index in [4.69, 9.17) is 21.1 Å². The molecule has 1 N–H and O–H groups in total. The van der Waals surface area contributed by atoms with E-state index in [1.807, 2.05) is 6.92 Å². The average Bonchev–Trinajstić information content (AvgIpc) is 3.54.